The molecule has 1 heterocycles. The fourth-order valence-corrected chi connectivity index (χ4v) is 3.16. The molecule has 1 amide bonds. The number of carbonyl (C=O) groups is 1. The van der Waals surface area contributed by atoms with E-state index in [-0.39, 0.29) is 5.91 Å². The van der Waals surface area contributed by atoms with Crippen LogP contribution in [0, 0.1) is 0 Å². The number of ether oxygens (including phenoxy) is 2. The second-order valence-electron chi connectivity index (χ2n) is 5.17. The molecule has 23 heavy (non-hydrogen) atoms. The van der Waals surface area contributed by atoms with Crippen molar-refractivity contribution < 1.29 is 14.3 Å². The Kier molecular flexibility index (Phi) is 6.47. The molecule has 2 aromatic rings. The first-order valence-electron chi connectivity index (χ1n) is 7.69. The van der Waals surface area contributed by atoms with Crippen molar-refractivity contribution >= 4 is 17.2 Å². The molecule has 0 aliphatic rings. The number of aryl methyl sites for hydroxylation is 1. The van der Waals surface area contributed by atoms with Crippen molar-refractivity contribution in [2.45, 2.75) is 26.3 Å². The molecule has 0 N–H and O–H groups in total. The molecule has 124 valence electrons. The second kappa shape index (κ2) is 8.58. The van der Waals surface area contributed by atoms with Crippen molar-refractivity contribution in [3.63, 3.8) is 0 Å². The van der Waals surface area contributed by atoms with Gasteiger partial charge in [0, 0.05) is 17.8 Å². The summed E-state index contributed by atoms with van der Waals surface area (Å²) in [5, 5.41) is 2.04. The first kappa shape index (κ1) is 17.3. The average molecular weight is 333 g/mol. The summed E-state index contributed by atoms with van der Waals surface area (Å²) in [7, 11) is 3.28. The number of amides is 1. The molecule has 0 fully saturated rings. The highest BCUT2D eigenvalue weighted by atomic mass is 32.1. The van der Waals surface area contributed by atoms with Gasteiger partial charge in [0.25, 0.3) is 0 Å². The van der Waals surface area contributed by atoms with E-state index in [2.05, 4.69) is 6.07 Å². The van der Waals surface area contributed by atoms with Crippen molar-refractivity contribution in [2.75, 3.05) is 20.8 Å². The zero-order valence-corrected chi connectivity index (χ0v) is 14.7. The fraction of sp³-hybridized carbons (Fsp3) is 0.389. The van der Waals surface area contributed by atoms with Crippen LogP contribution in [0.1, 0.15) is 23.8 Å². The van der Waals surface area contributed by atoms with Crippen molar-refractivity contribution in [2.24, 2.45) is 0 Å². The van der Waals surface area contributed by atoms with Crippen LogP contribution in [-0.2, 0) is 17.8 Å². The molecule has 0 aliphatic heterocycles. The molecule has 0 saturated carbocycles. The van der Waals surface area contributed by atoms with Crippen LogP contribution in [0.25, 0.3) is 0 Å². The van der Waals surface area contributed by atoms with Gasteiger partial charge in [0.15, 0.2) is 0 Å². The molecule has 0 bridgehead atoms. The van der Waals surface area contributed by atoms with Gasteiger partial charge in [-0.1, -0.05) is 6.07 Å². The highest BCUT2D eigenvalue weighted by molar-refractivity contribution is 7.09. The van der Waals surface area contributed by atoms with Gasteiger partial charge in [-0.2, -0.15) is 0 Å². The molecule has 1 aromatic heterocycles. The van der Waals surface area contributed by atoms with Gasteiger partial charge in [-0.15, -0.1) is 11.3 Å². The molecule has 2 rings (SSSR count). The monoisotopic (exact) mass is 333 g/mol. The van der Waals surface area contributed by atoms with Gasteiger partial charge in [-0.25, -0.2) is 0 Å². The molecule has 0 unspecified atom stereocenters. The number of nitrogens with zero attached hydrogens (tertiary/aromatic N) is 1. The van der Waals surface area contributed by atoms with E-state index in [0.717, 1.165) is 17.1 Å². The summed E-state index contributed by atoms with van der Waals surface area (Å²) in [6.45, 7) is 3.41. The SMILES string of the molecule is CCN(Cc1cccs1)C(=O)CCc1cc(OC)ccc1OC. The maximum Gasteiger partial charge on any atom is 0.223 e. The quantitative estimate of drug-likeness (QED) is 0.738. The third kappa shape index (κ3) is 4.73. The van der Waals surface area contributed by atoms with E-state index in [1.165, 1.54) is 4.88 Å². The highest BCUT2D eigenvalue weighted by Gasteiger charge is 2.14. The van der Waals surface area contributed by atoms with Gasteiger partial charge < -0.3 is 14.4 Å². The zero-order valence-electron chi connectivity index (χ0n) is 13.9. The minimum absolute atomic E-state index is 0.158. The summed E-state index contributed by atoms with van der Waals surface area (Å²) >= 11 is 1.68. The Morgan fingerprint density at radius 3 is 2.65 bits per heavy atom. The minimum atomic E-state index is 0.158. The lowest BCUT2D eigenvalue weighted by Crippen LogP contribution is -2.30. The van der Waals surface area contributed by atoms with E-state index in [0.29, 0.717) is 25.9 Å². The maximum atomic E-state index is 12.5. The Morgan fingerprint density at radius 2 is 2.04 bits per heavy atom. The van der Waals surface area contributed by atoms with Crippen molar-refractivity contribution in [3.05, 3.63) is 46.2 Å². The molecular weight excluding hydrogens is 310 g/mol. The van der Waals surface area contributed by atoms with Gasteiger partial charge >= 0.3 is 0 Å². The van der Waals surface area contributed by atoms with Gasteiger partial charge in [-0.3, -0.25) is 4.79 Å². The molecular formula is C18H23NO3S. The predicted molar refractivity (Wildman–Crippen MR) is 93.3 cm³/mol. The summed E-state index contributed by atoms with van der Waals surface area (Å²) in [6.07, 6.45) is 1.10. The normalized spacial score (nSPS) is 10.4. The molecule has 0 atom stereocenters. The summed E-state index contributed by atoms with van der Waals surface area (Å²) in [6, 6.07) is 9.74. The number of rotatable bonds is 8. The largest absolute Gasteiger partial charge is 0.497 e. The van der Waals surface area contributed by atoms with Crippen molar-refractivity contribution in [3.8, 4) is 11.5 Å². The van der Waals surface area contributed by atoms with Crippen molar-refractivity contribution in [1.82, 2.24) is 4.90 Å². The van der Waals surface area contributed by atoms with Crippen LogP contribution in [0.4, 0.5) is 0 Å². The van der Waals surface area contributed by atoms with Gasteiger partial charge in [0.2, 0.25) is 5.91 Å². The Morgan fingerprint density at radius 1 is 1.22 bits per heavy atom. The maximum absolute atomic E-state index is 12.5. The number of carbonyl (C=O) groups excluding carboxylic acids is 1. The summed E-state index contributed by atoms with van der Waals surface area (Å²) < 4.78 is 10.6. The van der Waals surface area contributed by atoms with Crippen LogP contribution in [0.2, 0.25) is 0 Å². The van der Waals surface area contributed by atoms with E-state index < -0.39 is 0 Å². The number of hydrogen-bond acceptors (Lipinski definition) is 4. The number of methoxy groups -OCH3 is 2. The third-order valence-corrected chi connectivity index (χ3v) is 4.62. The van der Waals surface area contributed by atoms with E-state index in [4.69, 9.17) is 9.47 Å². The standard InChI is InChI=1S/C18H23NO3S/c1-4-19(13-16-6-5-11-23-16)18(20)10-7-14-12-15(21-2)8-9-17(14)22-3/h5-6,8-9,11-12H,4,7,10,13H2,1-3H3. The molecule has 0 radical (unpaired) electrons. The van der Waals surface area contributed by atoms with Crippen LogP contribution < -0.4 is 9.47 Å². The predicted octanol–water partition coefficient (Wildman–Crippen LogP) is 3.75. The van der Waals surface area contributed by atoms with Crippen LogP contribution >= 0.6 is 11.3 Å². The minimum Gasteiger partial charge on any atom is -0.497 e. The lowest BCUT2D eigenvalue weighted by Gasteiger charge is -2.20. The van der Waals surface area contributed by atoms with Crippen molar-refractivity contribution in [1.29, 1.82) is 0 Å². The zero-order chi connectivity index (χ0) is 16.7. The summed E-state index contributed by atoms with van der Waals surface area (Å²) in [5.74, 6) is 1.73. The van der Waals surface area contributed by atoms with E-state index in [1.807, 2.05) is 41.5 Å². The Labute approximate surface area is 141 Å². The van der Waals surface area contributed by atoms with Crippen LogP contribution in [0.5, 0.6) is 11.5 Å². The van der Waals surface area contributed by atoms with Gasteiger partial charge in [0.05, 0.1) is 20.8 Å². The number of benzene rings is 1. The molecule has 4 nitrogen and oxygen atoms in total. The van der Waals surface area contributed by atoms with Crippen LogP contribution in [0.3, 0.4) is 0 Å². The molecule has 0 aliphatic carbocycles. The number of thiophene rings is 1. The Bertz CT molecular complexity index is 625. The topological polar surface area (TPSA) is 38.8 Å². The van der Waals surface area contributed by atoms with Gasteiger partial charge in [-0.05, 0) is 48.6 Å². The first-order valence-corrected chi connectivity index (χ1v) is 8.57. The Balaban J connectivity index is 1.99. The van der Waals surface area contributed by atoms with Crippen LogP contribution in [-0.4, -0.2) is 31.6 Å². The van der Waals surface area contributed by atoms with E-state index in [1.54, 1.807) is 25.6 Å². The molecule has 1 aromatic carbocycles. The van der Waals surface area contributed by atoms with Gasteiger partial charge in [0.1, 0.15) is 11.5 Å². The smallest absolute Gasteiger partial charge is 0.223 e. The molecule has 5 heteroatoms. The second-order valence-corrected chi connectivity index (χ2v) is 6.20. The first-order chi connectivity index (χ1) is 11.2. The fourth-order valence-electron chi connectivity index (χ4n) is 2.44. The average Bonchev–Trinajstić information content (AvgIpc) is 3.10. The number of hydrogen-bond donors (Lipinski definition) is 0. The highest BCUT2D eigenvalue weighted by Crippen LogP contribution is 2.25. The van der Waals surface area contributed by atoms with E-state index >= 15 is 0 Å². The Hall–Kier alpha value is -2.01. The summed E-state index contributed by atoms with van der Waals surface area (Å²) in [5.41, 5.74) is 0.993. The van der Waals surface area contributed by atoms with Crippen LogP contribution in [0.15, 0.2) is 35.7 Å². The third-order valence-electron chi connectivity index (χ3n) is 3.76. The lowest BCUT2D eigenvalue weighted by molar-refractivity contribution is -0.131. The molecule has 0 saturated heterocycles. The molecule has 0 spiro atoms. The van der Waals surface area contributed by atoms with E-state index in [9.17, 15) is 4.79 Å². The summed E-state index contributed by atoms with van der Waals surface area (Å²) in [4.78, 5) is 15.6. The lowest BCUT2D eigenvalue weighted by atomic mass is 10.1.